The van der Waals surface area contributed by atoms with Gasteiger partial charge in [-0.1, -0.05) is 19.9 Å². The van der Waals surface area contributed by atoms with Gasteiger partial charge in [-0.05, 0) is 18.2 Å². The summed E-state index contributed by atoms with van der Waals surface area (Å²) in [5.74, 6) is 1.91. The van der Waals surface area contributed by atoms with E-state index >= 15 is 0 Å². The van der Waals surface area contributed by atoms with Gasteiger partial charge in [0.15, 0.2) is 11.5 Å². The fourth-order valence-corrected chi connectivity index (χ4v) is 2.64. The SMILES string of the molecule is CC(C)c1nccc(-c2nccn2Cc2cccc3ncnn23)n1.O=CO. The number of carbonyl (C=O) groups is 1. The first-order valence-electron chi connectivity index (χ1n) is 8.34. The molecule has 0 aliphatic rings. The Morgan fingerprint density at radius 3 is 2.74 bits per heavy atom. The molecule has 1 N–H and O–H groups in total. The Hall–Kier alpha value is -3.62. The third-order valence-corrected chi connectivity index (χ3v) is 3.85. The molecule has 0 amide bonds. The van der Waals surface area contributed by atoms with Crippen LogP contribution in [-0.4, -0.2) is 45.7 Å². The summed E-state index contributed by atoms with van der Waals surface area (Å²) in [5.41, 5.74) is 2.69. The second-order valence-corrected chi connectivity index (χ2v) is 5.99. The summed E-state index contributed by atoms with van der Waals surface area (Å²) in [6.07, 6.45) is 7.08. The van der Waals surface area contributed by atoms with Gasteiger partial charge >= 0.3 is 0 Å². The molecule has 0 radical (unpaired) electrons. The molecule has 0 bridgehead atoms. The quantitative estimate of drug-likeness (QED) is 0.552. The van der Waals surface area contributed by atoms with Crippen molar-refractivity contribution in [1.29, 1.82) is 0 Å². The molecule has 9 heteroatoms. The minimum atomic E-state index is -0.250. The van der Waals surface area contributed by atoms with Crippen molar-refractivity contribution < 1.29 is 9.90 Å². The molecule has 4 heterocycles. The van der Waals surface area contributed by atoms with E-state index in [1.165, 1.54) is 0 Å². The standard InChI is InChI=1S/C17H17N7.CH2O2/c1-12(2)16-18-7-6-14(22-16)17-19-8-9-23(17)10-13-4-3-5-15-20-11-21-24(13)15;2-1-3/h3-9,11-12H,10H2,1-2H3;1H,(H,2,3). The van der Waals surface area contributed by atoms with Gasteiger partial charge < -0.3 is 9.67 Å². The van der Waals surface area contributed by atoms with Crippen LogP contribution in [0.1, 0.15) is 31.3 Å². The van der Waals surface area contributed by atoms with Gasteiger partial charge in [-0.25, -0.2) is 24.5 Å². The Balaban J connectivity index is 0.000000659. The molecular formula is C18H19N7O2. The average molecular weight is 365 g/mol. The lowest BCUT2D eigenvalue weighted by Crippen LogP contribution is -2.08. The highest BCUT2D eigenvalue weighted by Gasteiger charge is 2.12. The third-order valence-electron chi connectivity index (χ3n) is 3.85. The molecule has 0 aromatic carbocycles. The molecule has 0 fully saturated rings. The van der Waals surface area contributed by atoms with Gasteiger partial charge in [0.2, 0.25) is 0 Å². The molecule has 0 spiro atoms. The first kappa shape index (κ1) is 18.2. The molecule has 0 unspecified atom stereocenters. The summed E-state index contributed by atoms with van der Waals surface area (Å²) in [4.78, 5) is 26.0. The zero-order valence-electron chi connectivity index (χ0n) is 15.0. The van der Waals surface area contributed by atoms with E-state index in [0.29, 0.717) is 6.54 Å². The van der Waals surface area contributed by atoms with Gasteiger partial charge in [-0.15, -0.1) is 0 Å². The predicted molar refractivity (Wildman–Crippen MR) is 98.1 cm³/mol. The van der Waals surface area contributed by atoms with Crippen molar-refractivity contribution in [3.63, 3.8) is 0 Å². The Bertz CT molecular complexity index is 1040. The summed E-state index contributed by atoms with van der Waals surface area (Å²) >= 11 is 0. The maximum Gasteiger partial charge on any atom is 0.290 e. The van der Waals surface area contributed by atoms with Crippen LogP contribution in [0.5, 0.6) is 0 Å². The first-order chi connectivity index (χ1) is 13.1. The molecule has 4 aromatic rings. The Morgan fingerprint density at radius 1 is 1.15 bits per heavy atom. The topological polar surface area (TPSA) is 111 Å². The van der Waals surface area contributed by atoms with Crippen LogP contribution < -0.4 is 0 Å². The molecule has 0 saturated heterocycles. The smallest absolute Gasteiger partial charge is 0.290 e. The van der Waals surface area contributed by atoms with Crippen molar-refractivity contribution in [3.8, 4) is 11.5 Å². The number of carboxylic acid groups (broad SMARTS) is 1. The van der Waals surface area contributed by atoms with Crippen LogP contribution in [0.4, 0.5) is 0 Å². The minimum absolute atomic E-state index is 0.250. The Kier molecular flexibility index (Phi) is 5.50. The Morgan fingerprint density at radius 2 is 1.96 bits per heavy atom. The predicted octanol–water partition coefficient (Wildman–Crippen LogP) is 2.26. The lowest BCUT2D eigenvalue weighted by Gasteiger charge is -2.10. The van der Waals surface area contributed by atoms with E-state index in [2.05, 4.69) is 43.4 Å². The summed E-state index contributed by atoms with van der Waals surface area (Å²) < 4.78 is 3.90. The van der Waals surface area contributed by atoms with Gasteiger partial charge in [0.25, 0.3) is 6.47 Å². The Labute approximate surface area is 155 Å². The number of fused-ring (bicyclic) bond motifs is 1. The van der Waals surface area contributed by atoms with Crippen LogP contribution in [-0.2, 0) is 11.3 Å². The average Bonchev–Trinajstić information content (AvgIpc) is 3.32. The number of aromatic nitrogens is 7. The van der Waals surface area contributed by atoms with Crippen molar-refractivity contribution in [1.82, 2.24) is 34.1 Å². The molecule has 27 heavy (non-hydrogen) atoms. The highest BCUT2D eigenvalue weighted by molar-refractivity contribution is 5.49. The molecule has 4 aromatic heterocycles. The highest BCUT2D eigenvalue weighted by Crippen LogP contribution is 2.18. The maximum atomic E-state index is 8.36. The fourth-order valence-electron chi connectivity index (χ4n) is 2.64. The first-order valence-corrected chi connectivity index (χ1v) is 8.34. The van der Waals surface area contributed by atoms with Gasteiger partial charge in [-0.2, -0.15) is 5.10 Å². The summed E-state index contributed by atoms with van der Waals surface area (Å²) in [7, 11) is 0. The van der Waals surface area contributed by atoms with E-state index in [1.807, 2.05) is 35.0 Å². The molecule has 138 valence electrons. The molecule has 0 saturated carbocycles. The van der Waals surface area contributed by atoms with Crippen molar-refractivity contribution in [2.45, 2.75) is 26.3 Å². The van der Waals surface area contributed by atoms with Crippen LogP contribution >= 0.6 is 0 Å². The van der Waals surface area contributed by atoms with E-state index < -0.39 is 0 Å². The van der Waals surface area contributed by atoms with Crippen LogP contribution in [0, 0.1) is 0 Å². The second-order valence-electron chi connectivity index (χ2n) is 5.99. The lowest BCUT2D eigenvalue weighted by molar-refractivity contribution is -0.122. The van der Waals surface area contributed by atoms with Gasteiger partial charge in [0.05, 0.1) is 12.2 Å². The van der Waals surface area contributed by atoms with Gasteiger partial charge in [0, 0.05) is 24.5 Å². The van der Waals surface area contributed by atoms with Crippen LogP contribution in [0.3, 0.4) is 0 Å². The number of imidazole rings is 1. The molecule has 0 atom stereocenters. The normalized spacial score (nSPS) is 10.6. The number of hydrogen-bond acceptors (Lipinski definition) is 6. The second kappa shape index (κ2) is 8.17. The van der Waals surface area contributed by atoms with E-state index in [1.54, 1.807) is 18.7 Å². The third kappa shape index (κ3) is 3.97. The summed E-state index contributed by atoms with van der Waals surface area (Å²) in [6.45, 7) is 4.55. The van der Waals surface area contributed by atoms with Crippen molar-refractivity contribution in [2.24, 2.45) is 0 Å². The lowest BCUT2D eigenvalue weighted by atomic mass is 10.2. The van der Waals surface area contributed by atoms with Crippen molar-refractivity contribution in [3.05, 3.63) is 60.7 Å². The van der Waals surface area contributed by atoms with Crippen LogP contribution in [0.15, 0.2) is 49.2 Å². The number of pyridine rings is 1. The zero-order chi connectivity index (χ0) is 19.2. The molecule has 9 nitrogen and oxygen atoms in total. The van der Waals surface area contributed by atoms with E-state index in [9.17, 15) is 0 Å². The summed E-state index contributed by atoms with van der Waals surface area (Å²) in [6, 6.07) is 7.84. The van der Waals surface area contributed by atoms with E-state index in [-0.39, 0.29) is 12.4 Å². The number of hydrogen-bond donors (Lipinski definition) is 1. The highest BCUT2D eigenvalue weighted by atomic mass is 16.3. The van der Waals surface area contributed by atoms with Crippen LogP contribution in [0.2, 0.25) is 0 Å². The number of nitrogens with zero attached hydrogens (tertiary/aromatic N) is 7. The van der Waals surface area contributed by atoms with Crippen molar-refractivity contribution >= 4 is 12.1 Å². The largest absolute Gasteiger partial charge is 0.483 e. The molecule has 4 rings (SSSR count). The zero-order valence-corrected chi connectivity index (χ0v) is 15.0. The minimum Gasteiger partial charge on any atom is -0.483 e. The fraction of sp³-hybridized carbons (Fsp3) is 0.222. The maximum absolute atomic E-state index is 8.36. The molecule has 0 aliphatic carbocycles. The number of rotatable bonds is 4. The monoisotopic (exact) mass is 365 g/mol. The molecular weight excluding hydrogens is 346 g/mol. The molecule has 0 aliphatic heterocycles. The summed E-state index contributed by atoms with van der Waals surface area (Å²) in [5, 5.41) is 11.2. The van der Waals surface area contributed by atoms with Gasteiger partial charge in [-0.3, -0.25) is 4.79 Å². The van der Waals surface area contributed by atoms with Gasteiger partial charge in [0.1, 0.15) is 17.8 Å². The van der Waals surface area contributed by atoms with Crippen molar-refractivity contribution in [2.75, 3.05) is 0 Å². The van der Waals surface area contributed by atoms with E-state index in [0.717, 1.165) is 28.7 Å². The van der Waals surface area contributed by atoms with E-state index in [4.69, 9.17) is 9.90 Å². The van der Waals surface area contributed by atoms with Crippen LogP contribution in [0.25, 0.3) is 17.2 Å².